The molecule has 0 amide bonds. The molecule has 6 heteroatoms. The molecule has 2 rings (SSSR count). The van der Waals surface area contributed by atoms with Gasteiger partial charge < -0.3 is 15.4 Å². The van der Waals surface area contributed by atoms with Crippen LogP contribution in [0, 0.1) is 0 Å². The zero-order valence-corrected chi connectivity index (χ0v) is 12.9. The number of nitrogens with two attached hydrogens (primary N) is 1. The van der Waals surface area contributed by atoms with Crippen molar-refractivity contribution in [3.8, 4) is 11.3 Å². The van der Waals surface area contributed by atoms with Crippen molar-refractivity contribution in [1.82, 2.24) is 9.88 Å². The van der Waals surface area contributed by atoms with Crippen LogP contribution in [0.1, 0.15) is 17.5 Å². The lowest BCUT2D eigenvalue weighted by Crippen LogP contribution is -2.31. The maximum Gasteiger partial charge on any atom is 0.191 e. The third kappa shape index (κ3) is 3.88. The first-order valence-electron chi connectivity index (χ1n) is 6.57. The quantitative estimate of drug-likeness (QED) is 0.523. The van der Waals surface area contributed by atoms with E-state index in [0.717, 1.165) is 22.6 Å². The van der Waals surface area contributed by atoms with Gasteiger partial charge >= 0.3 is 0 Å². The van der Waals surface area contributed by atoms with Crippen molar-refractivity contribution in [1.29, 1.82) is 0 Å². The fourth-order valence-corrected chi connectivity index (χ4v) is 2.64. The number of aliphatic imine (C=N–C) groups is 1. The minimum absolute atomic E-state index is 0.274. The third-order valence-electron chi connectivity index (χ3n) is 2.94. The largest absolute Gasteiger partial charge is 0.370 e. The number of rotatable bonds is 5. The van der Waals surface area contributed by atoms with Crippen molar-refractivity contribution in [2.75, 3.05) is 14.1 Å². The Morgan fingerprint density at radius 1 is 1.43 bits per heavy atom. The van der Waals surface area contributed by atoms with Crippen LogP contribution < -0.4 is 5.73 Å². The molecule has 0 aliphatic rings. The minimum atomic E-state index is -0.327. The fourth-order valence-electron chi connectivity index (χ4n) is 1.76. The number of thiazole rings is 1. The van der Waals surface area contributed by atoms with Gasteiger partial charge in [0.05, 0.1) is 5.69 Å². The smallest absolute Gasteiger partial charge is 0.191 e. The van der Waals surface area contributed by atoms with Gasteiger partial charge in [-0.25, -0.2) is 9.98 Å². The van der Waals surface area contributed by atoms with Crippen molar-refractivity contribution >= 4 is 23.6 Å². The van der Waals surface area contributed by atoms with Gasteiger partial charge in [0.15, 0.2) is 5.96 Å². The van der Waals surface area contributed by atoms with Gasteiger partial charge in [0.25, 0.3) is 0 Å². The van der Waals surface area contributed by atoms with Gasteiger partial charge in [0, 0.05) is 31.5 Å². The molecule has 2 N–H and O–H groups in total. The maximum absolute atomic E-state index is 10.9. The molecule has 5 nitrogen and oxygen atoms in total. The highest BCUT2D eigenvalue weighted by atomic mass is 32.1. The number of carbonyl (C=O) groups is 1. The lowest BCUT2D eigenvalue weighted by molar-refractivity contribution is -0.108. The summed E-state index contributed by atoms with van der Waals surface area (Å²) < 4.78 is 0. The summed E-state index contributed by atoms with van der Waals surface area (Å²) in [5.41, 5.74) is 7.78. The molecular weight excluding hydrogens is 284 g/mol. The highest BCUT2D eigenvalue weighted by molar-refractivity contribution is 7.10. The molecule has 110 valence electrons. The summed E-state index contributed by atoms with van der Waals surface area (Å²) in [4.78, 5) is 21.6. The van der Waals surface area contributed by atoms with Gasteiger partial charge in [0.1, 0.15) is 17.3 Å². The first-order chi connectivity index (χ1) is 10.1. The third-order valence-corrected chi connectivity index (χ3v) is 3.89. The predicted molar refractivity (Wildman–Crippen MR) is 86.3 cm³/mol. The maximum atomic E-state index is 10.9. The van der Waals surface area contributed by atoms with Gasteiger partial charge in [-0.15, -0.1) is 11.3 Å². The Labute approximate surface area is 128 Å². The number of nitrogens with zero attached hydrogens (tertiary/aromatic N) is 3. The van der Waals surface area contributed by atoms with E-state index in [0.29, 0.717) is 5.96 Å². The number of hydrogen-bond acceptors (Lipinski definition) is 4. The summed E-state index contributed by atoms with van der Waals surface area (Å²) >= 11 is 1.49. The zero-order valence-electron chi connectivity index (χ0n) is 12.1. The molecule has 21 heavy (non-hydrogen) atoms. The molecule has 1 unspecified atom stereocenters. The first-order valence-corrected chi connectivity index (χ1v) is 7.45. The summed E-state index contributed by atoms with van der Waals surface area (Å²) in [6.07, 6.45) is 1.12. The zero-order chi connectivity index (χ0) is 15.2. The topological polar surface area (TPSA) is 71.6 Å². The van der Waals surface area contributed by atoms with E-state index in [-0.39, 0.29) is 12.5 Å². The van der Waals surface area contributed by atoms with E-state index in [9.17, 15) is 4.79 Å². The Morgan fingerprint density at radius 2 is 2.14 bits per heavy atom. The summed E-state index contributed by atoms with van der Waals surface area (Å²) in [6.45, 7) is 0. The Balaban J connectivity index is 2.28. The van der Waals surface area contributed by atoms with Crippen molar-refractivity contribution in [3.63, 3.8) is 0 Å². The number of hydrogen-bond donors (Lipinski definition) is 1. The molecular formula is C15H18N4OS. The van der Waals surface area contributed by atoms with Crippen LogP contribution in [-0.4, -0.2) is 36.2 Å². The van der Waals surface area contributed by atoms with E-state index in [2.05, 4.69) is 9.98 Å². The molecule has 0 radical (unpaired) electrons. The van der Waals surface area contributed by atoms with Crippen LogP contribution >= 0.6 is 11.3 Å². The number of benzene rings is 1. The Morgan fingerprint density at radius 3 is 2.76 bits per heavy atom. The van der Waals surface area contributed by atoms with E-state index in [1.807, 2.05) is 49.8 Å². The van der Waals surface area contributed by atoms with Crippen LogP contribution in [0.15, 0.2) is 40.7 Å². The molecule has 1 aromatic carbocycles. The van der Waals surface area contributed by atoms with Crippen molar-refractivity contribution in [3.05, 3.63) is 40.7 Å². The normalized spacial score (nSPS) is 13.0. The van der Waals surface area contributed by atoms with E-state index in [1.165, 1.54) is 11.3 Å². The van der Waals surface area contributed by atoms with Gasteiger partial charge in [-0.1, -0.05) is 30.3 Å². The van der Waals surface area contributed by atoms with Crippen molar-refractivity contribution in [2.45, 2.75) is 12.5 Å². The van der Waals surface area contributed by atoms with Crippen molar-refractivity contribution in [2.24, 2.45) is 10.7 Å². The average molecular weight is 302 g/mol. The predicted octanol–water partition coefficient (Wildman–Crippen LogP) is 2.32. The van der Waals surface area contributed by atoms with Crippen LogP contribution in [-0.2, 0) is 4.79 Å². The van der Waals surface area contributed by atoms with E-state index in [4.69, 9.17) is 5.73 Å². The minimum Gasteiger partial charge on any atom is -0.370 e. The first kappa shape index (κ1) is 15.2. The molecule has 0 spiro atoms. The number of aldehydes is 1. The summed E-state index contributed by atoms with van der Waals surface area (Å²) in [7, 11) is 3.63. The molecule has 0 saturated carbocycles. The molecule has 1 heterocycles. The highest BCUT2D eigenvalue weighted by Crippen LogP contribution is 2.28. The Hall–Kier alpha value is -2.21. The Kier molecular flexibility index (Phi) is 5.05. The second-order valence-electron chi connectivity index (χ2n) is 4.74. The molecule has 1 atom stereocenters. The molecule has 1 aromatic heterocycles. The van der Waals surface area contributed by atoms with E-state index < -0.39 is 0 Å². The monoisotopic (exact) mass is 302 g/mol. The van der Waals surface area contributed by atoms with E-state index >= 15 is 0 Å². The lowest BCUT2D eigenvalue weighted by Gasteiger charge is -2.13. The van der Waals surface area contributed by atoms with Gasteiger partial charge in [-0.2, -0.15) is 0 Å². The number of carbonyl (C=O) groups excluding carboxylic acids is 1. The summed E-state index contributed by atoms with van der Waals surface area (Å²) in [6, 6.07) is 9.59. The van der Waals surface area contributed by atoms with Gasteiger partial charge in [-0.05, 0) is 0 Å². The standard InChI is InChI=1S/C15H18N4OS/c1-19(2)15(16)18-12(8-9-20)14-17-13(10-21-14)11-6-4-3-5-7-11/h3-7,9-10,12H,8H2,1-2H3,(H2,16,18). The van der Waals surface area contributed by atoms with Crippen LogP contribution in [0.2, 0.25) is 0 Å². The fraction of sp³-hybridized carbons (Fsp3) is 0.267. The number of aromatic nitrogens is 1. The van der Waals surface area contributed by atoms with Crippen LogP contribution in [0.25, 0.3) is 11.3 Å². The van der Waals surface area contributed by atoms with Crippen molar-refractivity contribution < 1.29 is 4.79 Å². The molecule has 0 aliphatic heterocycles. The van der Waals surface area contributed by atoms with Gasteiger partial charge in [0.2, 0.25) is 0 Å². The van der Waals surface area contributed by atoms with E-state index in [1.54, 1.807) is 4.90 Å². The average Bonchev–Trinajstić information content (AvgIpc) is 2.97. The molecule has 0 saturated heterocycles. The molecule has 0 aliphatic carbocycles. The summed E-state index contributed by atoms with van der Waals surface area (Å²) in [5.74, 6) is 0.387. The van der Waals surface area contributed by atoms with Crippen LogP contribution in [0.3, 0.4) is 0 Å². The summed E-state index contributed by atoms with van der Waals surface area (Å²) in [5, 5.41) is 2.77. The van der Waals surface area contributed by atoms with Crippen LogP contribution in [0.5, 0.6) is 0 Å². The van der Waals surface area contributed by atoms with Gasteiger partial charge in [-0.3, -0.25) is 0 Å². The number of guanidine groups is 1. The lowest BCUT2D eigenvalue weighted by atomic mass is 10.2. The molecule has 0 bridgehead atoms. The SMILES string of the molecule is CN(C)C(N)=NC(CC=O)c1nc(-c2ccccc2)cs1. The molecule has 0 fully saturated rings. The highest BCUT2D eigenvalue weighted by Gasteiger charge is 2.16. The van der Waals surface area contributed by atoms with Crippen LogP contribution in [0.4, 0.5) is 0 Å². The second-order valence-corrected chi connectivity index (χ2v) is 5.63. The Bertz CT molecular complexity index is 622. The second kappa shape index (κ2) is 6.99. The molecule has 2 aromatic rings.